The molecule has 72 valence electrons. The molecule has 0 amide bonds. The van der Waals surface area contributed by atoms with E-state index in [1.165, 1.54) is 19.3 Å². The molecule has 0 aromatic heterocycles. The quantitative estimate of drug-likeness (QED) is 0.354. The Labute approximate surface area is 79.1 Å². The van der Waals surface area contributed by atoms with E-state index in [0.717, 1.165) is 11.8 Å². The zero-order valence-electron chi connectivity index (χ0n) is 8.40. The summed E-state index contributed by atoms with van der Waals surface area (Å²) in [5, 5.41) is 3.75. The van der Waals surface area contributed by atoms with Crippen LogP contribution in [0.3, 0.4) is 0 Å². The van der Waals surface area contributed by atoms with Gasteiger partial charge in [0.2, 0.25) is 0 Å². The highest BCUT2D eigenvalue weighted by molar-refractivity contribution is 5.02. The second-order valence-electron chi connectivity index (χ2n) is 5.11. The summed E-state index contributed by atoms with van der Waals surface area (Å²) in [6, 6.07) is 0. The summed E-state index contributed by atoms with van der Waals surface area (Å²) in [5.41, 5.74) is 8.74. The Kier molecular flexibility index (Phi) is 1.99. The molecule has 2 rings (SSSR count). The molecule has 0 saturated heterocycles. The number of nitrogens with zero attached hydrogens (tertiary/aromatic N) is 3. The molecule has 0 heterocycles. The van der Waals surface area contributed by atoms with Gasteiger partial charge in [-0.3, -0.25) is 0 Å². The van der Waals surface area contributed by atoms with E-state index in [0.29, 0.717) is 17.9 Å². The molecule has 2 bridgehead atoms. The maximum Gasteiger partial charge on any atom is 0.0294 e. The molecular weight excluding hydrogens is 162 g/mol. The number of azide groups is 1. The minimum absolute atomic E-state index is 0.414. The van der Waals surface area contributed by atoms with Crippen LogP contribution in [0.5, 0.6) is 0 Å². The van der Waals surface area contributed by atoms with Gasteiger partial charge in [-0.2, -0.15) is 0 Å². The number of fused-ring (bicyclic) bond motifs is 2. The van der Waals surface area contributed by atoms with Crippen molar-refractivity contribution in [1.29, 1.82) is 0 Å². The van der Waals surface area contributed by atoms with E-state index in [4.69, 9.17) is 5.53 Å². The fourth-order valence-corrected chi connectivity index (χ4v) is 3.48. The molecule has 0 unspecified atom stereocenters. The average Bonchev–Trinajstić information content (AvgIpc) is 2.60. The van der Waals surface area contributed by atoms with E-state index in [9.17, 15) is 0 Å². The molecule has 2 aliphatic carbocycles. The SMILES string of the molecule is CC1(C)[C@@H]2CC[C@@H](C2)[C@@H]1CN=[N+]=[N-]. The maximum atomic E-state index is 8.33. The molecule has 2 aliphatic rings. The van der Waals surface area contributed by atoms with Crippen LogP contribution in [0.1, 0.15) is 33.1 Å². The average molecular weight is 179 g/mol. The normalized spacial score (nSPS) is 40.3. The Morgan fingerprint density at radius 1 is 1.46 bits per heavy atom. The van der Waals surface area contributed by atoms with Crippen molar-refractivity contribution in [2.45, 2.75) is 33.1 Å². The predicted molar refractivity (Wildman–Crippen MR) is 52.1 cm³/mol. The van der Waals surface area contributed by atoms with Gasteiger partial charge in [-0.1, -0.05) is 19.0 Å². The first-order valence-corrected chi connectivity index (χ1v) is 5.17. The van der Waals surface area contributed by atoms with E-state index >= 15 is 0 Å². The van der Waals surface area contributed by atoms with E-state index in [-0.39, 0.29) is 0 Å². The lowest BCUT2D eigenvalue weighted by Crippen LogP contribution is -2.32. The van der Waals surface area contributed by atoms with Crippen molar-refractivity contribution in [1.82, 2.24) is 0 Å². The fraction of sp³-hybridized carbons (Fsp3) is 1.00. The third-order valence-corrected chi connectivity index (χ3v) is 4.39. The molecule has 0 spiro atoms. The Balaban J connectivity index is 2.13. The lowest BCUT2D eigenvalue weighted by molar-refractivity contribution is 0.129. The van der Waals surface area contributed by atoms with E-state index in [1.807, 2.05) is 0 Å². The molecule has 2 saturated carbocycles. The summed E-state index contributed by atoms with van der Waals surface area (Å²) in [5.74, 6) is 2.36. The molecule has 0 N–H and O–H groups in total. The first kappa shape index (κ1) is 8.89. The highest BCUT2D eigenvalue weighted by atomic mass is 15.1. The smallest absolute Gasteiger partial charge is 0.0294 e. The monoisotopic (exact) mass is 179 g/mol. The maximum absolute atomic E-state index is 8.33. The van der Waals surface area contributed by atoms with Gasteiger partial charge in [0.25, 0.3) is 0 Å². The van der Waals surface area contributed by atoms with Gasteiger partial charge in [0.15, 0.2) is 0 Å². The van der Waals surface area contributed by atoms with Crippen LogP contribution in [-0.2, 0) is 0 Å². The van der Waals surface area contributed by atoms with E-state index in [1.54, 1.807) is 0 Å². The molecule has 0 radical (unpaired) electrons. The van der Waals surface area contributed by atoms with Crippen molar-refractivity contribution in [2.75, 3.05) is 6.54 Å². The van der Waals surface area contributed by atoms with Gasteiger partial charge >= 0.3 is 0 Å². The van der Waals surface area contributed by atoms with Crippen molar-refractivity contribution in [2.24, 2.45) is 28.3 Å². The Morgan fingerprint density at radius 3 is 2.77 bits per heavy atom. The van der Waals surface area contributed by atoms with Gasteiger partial charge in [-0.05, 0) is 48.0 Å². The second kappa shape index (κ2) is 2.91. The molecule has 2 fully saturated rings. The van der Waals surface area contributed by atoms with Crippen molar-refractivity contribution in [3.63, 3.8) is 0 Å². The zero-order valence-corrected chi connectivity index (χ0v) is 8.40. The van der Waals surface area contributed by atoms with Crippen molar-refractivity contribution in [3.05, 3.63) is 10.4 Å². The van der Waals surface area contributed by atoms with Crippen LogP contribution in [0.15, 0.2) is 5.11 Å². The van der Waals surface area contributed by atoms with Crippen LogP contribution in [0, 0.1) is 23.2 Å². The molecule has 0 aromatic carbocycles. The Morgan fingerprint density at radius 2 is 2.23 bits per heavy atom. The first-order valence-electron chi connectivity index (χ1n) is 5.17. The lowest BCUT2D eigenvalue weighted by Gasteiger charge is -2.37. The summed E-state index contributed by atoms with van der Waals surface area (Å²) in [6.07, 6.45) is 4.13. The van der Waals surface area contributed by atoms with Gasteiger partial charge in [-0.15, -0.1) is 0 Å². The topological polar surface area (TPSA) is 48.8 Å². The molecule has 3 nitrogen and oxygen atoms in total. The zero-order chi connectivity index (χ0) is 9.47. The third-order valence-electron chi connectivity index (χ3n) is 4.39. The summed E-state index contributed by atoms with van der Waals surface area (Å²) in [7, 11) is 0. The van der Waals surface area contributed by atoms with Gasteiger partial charge < -0.3 is 0 Å². The fourth-order valence-electron chi connectivity index (χ4n) is 3.48. The van der Waals surface area contributed by atoms with Crippen molar-refractivity contribution < 1.29 is 0 Å². The Hall–Kier alpha value is -0.690. The van der Waals surface area contributed by atoms with Gasteiger partial charge in [0.05, 0.1) is 0 Å². The van der Waals surface area contributed by atoms with Gasteiger partial charge in [0.1, 0.15) is 0 Å². The molecule has 0 aliphatic heterocycles. The first-order chi connectivity index (χ1) is 6.16. The van der Waals surface area contributed by atoms with Crippen LogP contribution in [0.2, 0.25) is 0 Å². The minimum atomic E-state index is 0.414. The van der Waals surface area contributed by atoms with Gasteiger partial charge in [0, 0.05) is 11.5 Å². The van der Waals surface area contributed by atoms with Crippen molar-refractivity contribution >= 4 is 0 Å². The van der Waals surface area contributed by atoms with Crippen LogP contribution in [-0.4, -0.2) is 6.54 Å². The number of hydrogen-bond acceptors (Lipinski definition) is 1. The van der Waals surface area contributed by atoms with Crippen LogP contribution in [0.4, 0.5) is 0 Å². The summed E-state index contributed by atoms with van der Waals surface area (Å²) in [6.45, 7) is 5.40. The van der Waals surface area contributed by atoms with E-state index in [2.05, 4.69) is 23.9 Å². The van der Waals surface area contributed by atoms with Crippen molar-refractivity contribution in [3.8, 4) is 0 Å². The second-order valence-corrected chi connectivity index (χ2v) is 5.11. The lowest BCUT2D eigenvalue weighted by atomic mass is 9.69. The summed E-state index contributed by atoms with van der Waals surface area (Å²) < 4.78 is 0. The molecule has 13 heavy (non-hydrogen) atoms. The predicted octanol–water partition coefficient (Wildman–Crippen LogP) is 3.37. The third kappa shape index (κ3) is 1.22. The van der Waals surface area contributed by atoms with Crippen LogP contribution >= 0.6 is 0 Å². The number of hydrogen-bond donors (Lipinski definition) is 0. The van der Waals surface area contributed by atoms with Crippen LogP contribution in [0.25, 0.3) is 10.4 Å². The largest absolute Gasteiger partial charge is 0.0937 e. The van der Waals surface area contributed by atoms with E-state index < -0.39 is 0 Å². The molecule has 0 aromatic rings. The van der Waals surface area contributed by atoms with Gasteiger partial charge in [-0.25, -0.2) is 0 Å². The highest BCUT2D eigenvalue weighted by Gasteiger charge is 2.51. The minimum Gasteiger partial charge on any atom is -0.0937 e. The highest BCUT2D eigenvalue weighted by Crippen LogP contribution is 2.59. The summed E-state index contributed by atoms with van der Waals surface area (Å²) in [4.78, 5) is 2.87. The number of rotatable bonds is 2. The molecule has 3 atom stereocenters. The standard InChI is InChI=1S/C10H17N3/c1-10(2)8-4-3-7(5-8)9(10)6-12-13-11/h7-9H,3-6H2,1-2H3/t7-,8+,9-/m0/s1. The summed E-state index contributed by atoms with van der Waals surface area (Å²) >= 11 is 0. The van der Waals surface area contributed by atoms with Crippen LogP contribution < -0.4 is 0 Å². The molecular formula is C10H17N3. The molecule has 3 heteroatoms. The Bertz CT molecular complexity index is 253.